The molecule has 8 nitrogen and oxygen atoms in total. The Kier molecular flexibility index (Phi) is 6.45. The van der Waals surface area contributed by atoms with E-state index in [4.69, 9.17) is 4.74 Å². The summed E-state index contributed by atoms with van der Waals surface area (Å²) in [4.78, 5) is -0.504. The van der Waals surface area contributed by atoms with Crippen molar-refractivity contribution in [1.82, 2.24) is 0 Å². The fourth-order valence-electron chi connectivity index (χ4n) is 2.50. The molecule has 0 fully saturated rings. The second-order valence-electron chi connectivity index (χ2n) is 5.29. The van der Waals surface area contributed by atoms with Gasteiger partial charge in [-0.05, 0) is 24.3 Å². The van der Waals surface area contributed by atoms with Crippen LogP contribution < -0.4 is 34.3 Å². The SMILES string of the molecule is COc1ccccc1N=Nc1cc(S(=O)(=O)O)c2cccc(O)c2c1O.[H-].[Na+]. The molecule has 3 rings (SSSR count). The van der Waals surface area contributed by atoms with Crippen molar-refractivity contribution in [2.45, 2.75) is 4.90 Å². The number of methoxy groups -OCH3 is 1. The maximum absolute atomic E-state index is 11.7. The summed E-state index contributed by atoms with van der Waals surface area (Å²) >= 11 is 0. The Morgan fingerprint density at radius 1 is 1.00 bits per heavy atom. The fourth-order valence-corrected chi connectivity index (χ4v) is 3.21. The van der Waals surface area contributed by atoms with Crippen molar-refractivity contribution < 1.29 is 58.9 Å². The molecular weight excluding hydrogens is 383 g/mol. The van der Waals surface area contributed by atoms with E-state index in [0.717, 1.165) is 6.07 Å². The topological polar surface area (TPSA) is 129 Å². The monoisotopic (exact) mass is 398 g/mol. The van der Waals surface area contributed by atoms with E-state index in [9.17, 15) is 23.2 Å². The van der Waals surface area contributed by atoms with Crippen molar-refractivity contribution in [2.75, 3.05) is 7.11 Å². The van der Waals surface area contributed by atoms with Crippen LogP contribution in [0.5, 0.6) is 17.2 Å². The summed E-state index contributed by atoms with van der Waals surface area (Å²) < 4.78 is 38.0. The van der Waals surface area contributed by atoms with Crippen molar-refractivity contribution in [3.05, 3.63) is 48.5 Å². The standard InChI is InChI=1S/C17H14N2O6S.Na.H/c1-25-14-8-3-2-6-11(14)18-19-12-9-15(26(22,23)24)10-5-4-7-13(20)16(10)17(12)21;;/h2-9,20-21H,1H3,(H,22,23,24);;/q;+1;-1. The summed E-state index contributed by atoms with van der Waals surface area (Å²) in [5.74, 6) is -0.405. The van der Waals surface area contributed by atoms with E-state index in [1.54, 1.807) is 24.3 Å². The van der Waals surface area contributed by atoms with Crippen LogP contribution in [0.2, 0.25) is 0 Å². The zero-order valence-electron chi connectivity index (χ0n) is 15.5. The Morgan fingerprint density at radius 3 is 2.33 bits per heavy atom. The van der Waals surface area contributed by atoms with Crippen LogP contribution in [-0.2, 0) is 10.1 Å². The third kappa shape index (κ3) is 4.23. The largest absolute Gasteiger partial charge is 1.00 e. The van der Waals surface area contributed by atoms with Gasteiger partial charge in [0.1, 0.15) is 27.8 Å². The third-order valence-electron chi connectivity index (χ3n) is 3.68. The summed E-state index contributed by atoms with van der Waals surface area (Å²) in [5, 5.41) is 28.0. The number of para-hydroxylation sites is 1. The van der Waals surface area contributed by atoms with Crippen LogP contribution in [0, 0.1) is 0 Å². The van der Waals surface area contributed by atoms with Crippen LogP contribution in [0.1, 0.15) is 1.43 Å². The van der Waals surface area contributed by atoms with Gasteiger partial charge < -0.3 is 16.4 Å². The maximum atomic E-state index is 11.7. The van der Waals surface area contributed by atoms with Gasteiger partial charge in [-0.15, -0.1) is 10.2 Å². The molecule has 3 aromatic carbocycles. The zero-order chi connectivity index (χ0) is 18.9. The first-order valence-electron chi connectivity index (χ1n) is 7.33. The number of rotatable bonds is 4. The van der Waals surface area contributed by atoms with Gasteiger partial charge in [-0.1, -0.05) is 24.3 Å². The van der Waals surface area contributed by atoms with Gasteiger partial charge in [-0.25, -0.2) is 0 Å². The molecule has 0 bridgehead atoms. The van der Waals surface area contributed by atoms with E-state index >= 15 is 0 Å². The van der Waals surface area contributed by atoms with Gasteiger partial charge in [0, 0.05) is 5.39 Å². The Hall–Kier alpha value is -2.17. The third-order valence-corrected chi connectivity index (χ3v) is 4.58. The molecule has 27 heavy (non-hydrogen) atoms. The van der Waals surface area contributed by atoms with E-state index in [2.05, 4.69) is 10.2 Å². The molecule has 0 heterocycles. The van der Waals surface area contributed by atoms with Crippen LogP contribution in [-0.4, -0.2) is 30.3 Å². The molecule has 0 saturated heterocycles. The van der Waals surface area contributed by atoms with E-state index in [1.165, 1.54) is 25.3 Å². The van der Waals surface area contributed by atoms with Crippen molar-refractivity contribution in [1.29, 1.82) is 0 Å². The van der Waals surface area contributed by atoms with Gasteiger partial charge >= 0.3 is 29.6 Å². The molecule has 3 N–H and O–H groups in total. The molecule has 0 unspecified atom stereocenters. The number of ether oxygens (including phenoxy) is 1. The summed E-state index contributed by atoms with van der Waals surface area (Å²) in [6, 6.07) is 11.7. The summed E-state index contributed by atoms with van der Waals surface area (Å²) in [6.45, 7) is 0. The summed E-state index contributed by atoms with van der Waals surface area (Å²) in [7, 11) is -3.18. The predicted octanol–water partition coefficient (Wildman–Crippen LogP) is 1.04. The molecule has 0 amide bonds. The molecule has 10 heteroatoms. The van der Waals surface area contributed by atoms with Gasteiger partial charge in [0.2, 0.25) is 0 Å². The molecular formula is C17H15N2NaO6S. The van der Waals surface area contributed by atoms with Crippen LogP contribution >= 0.6 is 0 Å². The first kappa shape index (κ1) is 21.1. The second-order valence-corrected chi connectivity index (χ2v) is 6.68. The predicted molar refractivity (Wildman–Crippen MR) is 95.4 cm³/mol. The molecule has 0 saturated carbocycles. The fraction of sp³-hybridized carbons (Fsp3) is 0.0588. The molecule has 0 aromatic heterocycles. The van der Waals surface area contributed by atoms with Gasteiger partial charge in [0.15, 0.2) is 5.75 Å². The normalized spacial score (nSPS) is 11.5. The van der Waals surface area contributed by atoms with Crippen LogP contribution in [0.25, 0.3) is 10.8 Å². The molecule has 0 aliphatic rings. The van der Waals surface area contributed by atoms with Crippen LogP contribution in [0.4, 0.5) is 11.4 Å². The number of benzene rings is 3. The number of aromatic hydroxyl groups is 2. The average molecular weight is 398 g/mol. The van der Waals surface area contributed by atoms with Crippen LogP contribution in [0.15, 0.2) is 63.7 Å². The number of phenolic OH excluding ortho intramolecular Hbond substituents is 2. The van der Waals surface area contributed by atoms with Crippen LogP contribution in [0.3, 0.4) is 0 Å². The van der Waals surface area contributed by atoms with E-state index < -0.39 is 20.8 Å². The molecule has 3 aromatic rings. The van der Waals surface area contributed by atoms with Gasteiger partial charge in [0.25, 0.3) is 10.1 Å². The molecule has 0 aliphatic carbocycles. The maximum Gasteiger partial charge on any atom is 1.00 e. The number of hydrogen-bond donors (Lipinski definition) is 3. The molecule has 0 radical (unpaired) electrons. The average Bonchev–Trinajstić information content (AvgIpc) is 2.60. The first-order valence-corrected chi connectivity index (χ1v) is 8.77. The van der Waals surface area contributed by atoms with E-state index in [0.29, 0.717) is 11.4 Å². The van der Waals surface area contributed by atoms with Gasteiger partial charge in [-0.2, -0.15) is 8.42 Å². The Labute approximate surface area is 178 Å². The molecule has 136 valence electrons. The van der Waals surface area contributed by atoms with E-state index in [1.807, 2.05) is 0 Å². The number of fused-ring (bicyclic) bond motifs is 1. The van der Waals surface area contributed by atoms with E-state index in [-0.39, 0.29) is 53.2 Å². The van der Waals surface area contributed by atoms with Crippen molar-refractivity contribution in [2.24, 2.45) is 10.2 Å². The minimum absolute atomic E-state index is 0. The van der Waals surface area contributed by atoms with Gasteiger partial charge in [-0.3, -0.25) is 4.55 Å². The second kappa shape index (κ2) is 8.24. The number of azo groups is 1. The number of phenols is 2. The van der Waals surface area contributed by atoms with Gasteiger partial charge in [0.05, 0.1) is 12.5 Å². The van der Waals surface area contributed by atoms with Crippen molar-refractivity contribution >= 4 is 32.3 Å². The number of hydrogen-bond acceptors (Lipinski definition) is 7. The Balaban J connectivity index is 0.00000196. The van der Waals surface area contributed by atoms with Crippen molar-refractivity contribution in [3.63, 3.8) is 0 Å². The minimum atomic E-state index is -4.63. The Bertz CT molecular complexity index is 1140. The minimum Gasteiger partial charge on any atom is -1.00 e. The summed E-state index contributed by atoms with van der Waals surface area (Å²) in [6.07, 6.45) is 0. The molecule has 0 atom stereocenters. The summed E-state index contributed by atoms with van der Waals surface area (Å²) in [5.41, 5.74) is 0.109. The quantitative estimate of drug-likeness (QED) is 0.342. The molecule has 0 aliphatic heterocycles. The van der Waals surface area contributed by atoms with Crippen molar-refractivity contribution in [3.8, 4) is 17.2 Å². The number of nitrogens with zero attached hydrogens (tertiary/aromatic N) is 2. The zero-order valence-corrected chi connectivity index (χ0v) is 17.3. The smallest absolute Gasteiger partial charge is 1.00 e. The first-order chi connectivity index (χ1) is 12.3. The molecule has 0 spiro atoms. The Morgan fingerprint density at radius 2 is 1.67 bits per heavy atom.